The summed E-state index contributed by atoms with van der Waals surface area (Å²) in [6, 6.07) is 32.2. The molecule has 1 saturated heterocycles. The van der Waals surface area contributed by atoms with E-state index >= 15 is 0 Å². The number of fused-ring (bicyclic) bond motifs is 2. The largest absolute Gasteiger partial charge is 0.337 e. The van der Waals surface area contributed by atoms with E-state index in [4.69, 9.17) is 9.97 Å². The van der Waals surface area contributed by atoms with Crippen LogP contribution in [0.4, 0.5) is 0 Å². The van der Waals surface area contributed by atoms with Crippen molar-refractivity contribution in [2.24, 2.45) is 0 Å². The molecule has 6 aromatic rings. The predicted octanol–water partition coefficient (Wildman–Crippen LogP) is 8.34. The number of nitrogens with zero attached hydrogens (tertiary/aromatic N) is 4. The van der Waals surface area contributed by atoms with Gasteiger partial charge in [0.15, 0.2) is 0 Å². The van der Waals surface area contributed by atoms with E-state index in [0.29, 0.717) is 43.7 Å². The number of aromatic nitrogens is 2. The van der Waals surface area contributed by atoms with Crippen molar-refractivity contribution in [3.05, 3.63) is 130 Å². The molecule has 4 aromatic carbocycles. The first kappa shape index (κ1) is 30.3. The number of pyridine rings is 2. The zero-order chi connectivity index (χ0) is 32.7. The van der Waals surface area contributed by atoms with E-state index in [-0.39, 0.29) is 11.8 Å². The molecule has 0 saturated carbocycles. The van der Waals surface area contributed by atoms with Crippen LogP contribution < -0.4 is 0 Å². The number of rotatable bonds is 4. The summed E-state index contributed by atoms with van der Waals surface area (Å²) in [5.74, 6) is -0.0641. The number of carbonyl (C=O) groups excluding carboxylic acids is 2. The molecule has 0 spiro atoms. The topological polar surface area (TPSA) is 66.4 Å². The van der Waals surface area contributed by atoms with E-state index in [9.17, 15) is 9.59 Å². The van der Waals surface area contributed by atoms with E-state index in [2.05, 4.69) is 64.1 Å². The van der Waals surface area contributed by atoms with Gasteiger partial charge in [0.1, 0.15) is 0 Å². The van der Waals surface area contributed by atoms with Crippen LogP contribution in [0.3, 0.4) is 0 Å². The Bertz CT molecular complexity index is 2030. The quantitative estimate of drug-likeness (QED) is 0.199. The summed E-state index contributed by atoms with van der Waals surface area (Å²) in [5, 5.41) is 1.68. The number of amides is 2. The molecule has 234 valence electrons. The molecule has 7 rings (SSSR count). The van der Waals surface area contributed by atoms with Gasteiger partial charge in [-0.3, -0.25) is 9.59 Å². The maximum absolute atomic E-state index is 14.3. The van der Waals surface area contributed by atoms with E-state index < -0.39 is 0 Å². The van der Waals surface area contributed by atoms with Crippen LogP contribution in [-0.4, -0.2) is 57.8 Å². The Morgan fingerprint density at radius 1 is 0.532 bits per heavy atom. The highest BCUT2D eigenvalue weighted by Crippen LogP contribution is 2.31. The average molecular weight is 619 g/mol. The van der Waals surface area contributed by atoms with Gasteiger partial charge in [-0.15, -0.1) is 0 Å². The normalized spacial score (nSPS) is 13.6. The maximum atomic E-state index is 14.3. The van der Waals surface area contributed by atoms with Gasteiger partial charge in [0, 0.05) is 48.1 Å². The van der Waals surface area contributed by atoms with Gasteiger partial charge >= 0.3 is 0 Å². The SMILES string of the molecule is Cc1ccc(-c2cc(C(=O)N3CCCN(C(=O)c4cc(-c5ccc(C)cc5C)nc5ccccc45)CC3)c3ccccc3n2)c(C)c1. The van der Waals surface area contributed by atoms with Crippen molar-refractivity contribution in [2.45, 2.75) is 34.1 Å². The third-order valence-electron chi connectivity index (χ3n) is 9.28. The van der Waals surface area contributed by atoms with E-state index in [0.717, 1.165) is 55.4 Å². The van der Waals surface area contributed by atoms with Crippen LogP contribution in [0, 0.1) is 27.7 Å². The van der Waals surface area contributed by atoms with Crippen LogP contribution >= 0.6 is 0 Å². The fraction of sp³-hybridized carbons (Fsp3) is 0.220. The second kappa shape index (κ2) is 12.4. The molecule has 0 bridgehead atoms. The van der Waals surface area contributed by atoms with Crippen molar-refractivity contribution in [3.63, 3.8) is 0 Å². The lowest BCUT2D eigenvalue weighted by Crippen LogP contribution is -2.37. The number of aryl methyl sites for hydroxylation is 4. The van der Waals surface area contributed by atoms with Gasteiger partial charge in [-0.1, -0.05) is 83.9 Å². The molecule has 1 aliphatic heterocycles. The second-order valence-corrected chi connectivity index (χ2v) is 12.7. The minimum atomic E-state index is -0.0320. The number of para-hydroxylation sites is 2. The Kier molecular flexibility index (Phi) is 8.02. The molecule has 1 fully saturated rings. The maximum Gasteiger partial charge on any atom is 0.254 e. The van der Waals surface area contributed by atoms with Crippen molar-refractivity contribution >= 4 is 33.6 Å². The lowest BCUT2D eigenvalue weighted by molar-refractivity contribution is 0.0720. The van der Waals surface area contributed by atoms with Crippen LogP contribution in [0.15, 0.2) is 97.1 Å². The summed E-state index contributed by atoms with van der Waals surface area (Å²) in [6.45, 7) is 10.4. The molecule has 2 amide bonds. The Balaban J connectivity index is 1.19. The Morgan fingerprint density at radius 2 is 0.957 bits per heavy atom. The Hall–Kier alpha value is -5.36. The summed E-state index contributed by atoms with van der Waals surface area (Å²) in [5.41, 5.74) is 11.1. The van der Waals surface area contributed by atoms with Crippen molar-refractivity contribution in [3.8, 4) is 22.5 Å². The molecule has 0 radical (unpaired) electrons. The Morgan fingerprint density at radius 3 is 1.38 bits per heavy atom. The van der Waals surface area contributed by atoms with Crippen LogP contribution in [0.1, 0.15) is 49.4 Å². The standard InChI is InChI=1S/C41H38N4O2/c1-26-14-16-30(28(3)22-26)38-24-34(32-10-5-7-12-36(32)42-38)40(46)44-18-9-19-45(21-20-44)41(47)35-25-39(31-17-15-27(2)23-29(31)4)43-37-13-8-6-11-33(35)37/h5-8,10-17,22-25H,9,18-21H2,1-4H3. The van der Waals surface area contributed by atoms with Crippen LogP contribution in [0.2, 0.25) is 0 Å². The van der Waals surface area contributed by atoms with Crippen molar-refractivity contribution in [1.82, 2.24) is 19.8 Å². The lowest BCUT2D eigenvalue weighted by Gasteiger charge is -2.24. The highest BCUT2D eigenvalue weighted by Gasteiger charge is 2.27. The molecular weight excluding hydrogens is 580 g/mol. The van der Waals surface area contributed by atoms with Gasteiger partial charge < -0.3 is 9.80 Å². The third-order valence-corrected chi connectivity index (χ3v) is 9.28. The molecule has 2 aromatic heterocycles. The van der Waals surface area contributed by atoms with Gasteiger partial charge in [-0.25, -0.2) is 9.97 Å². The van der Waals surface area contributed by atoms with Crippen LogP contribution in [0.25, 0.3) is 44.3 Å². The Labute approximate surface area is 275 Å². The van der Waals surface area contributed by atoms with Gasteiger partial charge in [-0.2, -0.15) is 0 Å². The molecule has 0 N–H and O–H groups in total. The summed E-state index contributed by atoms with van der Waals surface area (Å²) in [7, 11) is 0. The molecule has 0 unspecified atom stereocenters. The predicted molar refractivity (Wildman–Crippen MR) is 190 cm³/mol. The first-order valence-electron chi connectivity index (χ1n) is 16.3. The fourth-order valence-electron chi connectivity index (χ4n) is 6.85. The highest BCUT2D eigenvalue weighted by molar-refractivity contribution is 6.08. The smallest absolute Gasteiger partial charge is 0.254 e. The van der Waals surface area contributed by atoms with Crippen LogP contribution in [-0.2, 0) is 0 Å². The van der Waals surface area contributed by atoms with E-state index in [1.54, 1.807) is 0 Å². The molecule has 0 aliphatic carbocycles. The zero-order valence-electron chi connectivity index (χ0n) is 27.4. The molecule has 3 heterocycles. The van der Waals surface area contributed by atoms with Gasteiger partial charge in [-0.05, 0) is 69.5 Å². The van der Waals surface area contributed by atoms with Gasteiger partial charge in [0.25, 0.3) is 11.8 Å². The monoisotopic (exact) mass is 618 g/mol. The van der Waals surface area contributed by atoms with Crippen LogP contribution in [0.5, 0.6) is 0 Å². The fourth-order valence-corrected chi connectivity index (χ4v) is 6.85. The first-order chi connectivity index (χ1) is 22.8. The number of hydrogen-bond donors (Lipinski definition) is 0. The molecule has 47 heavy (non-hydrogen) atoms. The number of carbonyl (C=O) groups is 2. The second-order valence-electron chi connectivity index (χ2n) is 12.7. The minimum Gasteiger partial charge on any atom is -0.337 e. The molecule has 0 atom stereocenters. The molecule has 1 aliphatic rings. The average Bonchev–Trinajstić information content (AvgIpc) is 3.33. The first-order valence-corrected chi connectivity index (χ1v) is 16.3. The van der Waals surface area contributed by atoms with E-state index in [1.807, 2.05) is 70.5 Å². The third kappa shape index (κ3) is 5.87. The van der Waals surface area contributed by atoms with Gasteiger partial charge in [0.05, 0.1) is 33.5 Å². The minimum absolute atomic E-state index is 0.0320. The number of hydrogen-bond acceptors (Lipinski definition) is 4. The molecular formula is C41H38N4O2. The summed E-state index contributed by atoms with van der Waals surface area (Å²) in [6.07, 6.45) is 0.692. The number of benzene rings is 4. The molecule has 6 nitrogen and oxygen atoms in total. The lowest BCUT2D eigenvalue weighted by atomic mass is 9.99. The summed E-state index contributed by atoms with van der Waals surface area (Å²) < 4.78 is 0. The summed E-state index contributed by atoms with van der Waals surface area (Å²) >= 11 is 0. The van der Waals surface area contributed by atoms with Crippen molar-refractivity contribution < 1.29 is 9.59 Å². The molecule has 6 heteroatoms. The van der Waals surface area contributed by atoms with E-state index in [1.165, 1.54) is 11.1 Å². The van der Waals surface area contributed by atoms with Crippen molar-refractivity contribution in [2.75, 3.05) is 26.2 Å². The van der Waals surface area contributed by atoms with Gasteiger partial charge in [0.2, 0.25) is 0 Å². The highest BCUT2D eigenvalue weighted by atomic mass is 16.2. The zero-order valence-corrected chi connectivity index (χ0v) is 27.4. The summed E-state index contributed by atoms with van der Waals surface area (Å²) in [4.78, 5) is 42.2. The van der Waals surface area contributed by atoms with Crippen molar-refractivity contribution in [1.29, 1.82) is 0 Å².